The van der Waals surface area contributed by atoms with Crippen LogP contribution < -0.4 is 10.6 Å². The first-order valence-electron chi connectivity index (χ1n) is 8.59. The molecule has 6 nitrogen and oxygen atoms in total. The lowest BCUT2D eigenvalue weighted by Gasteiger charge is -2.20. The maximum Gasteiger partial charge on any atom is 0.277 e. The molecule has 1 aliphatic rings. The molecule has 27 heavy (non-hydrogen) atoms. The Labute approximate surface area is 158 Å². The number of nitrogens with zero attached hydrogens (tertiary/aromatic N) is 3. The van der Waals surface area contributed by atoms with Crippen LogP contribution in [0.25, 0.3) is 5.69 Å². The Morgan fingerprint density at radius 1 is 1.22 bits per heavy atom. The number of hydrogen-bond donors (Lipinski definition) is 2. The van der Waals surface area contributed by atoms with Gasteiger partial charge in [-0.1, -0.05) is 6.07 Å². The van der Waals surface area contributed by atoms with E-state index in [1.165, 1.54) is 29.7 Å². The SMILES string of the molecule is O=C(Nc1ncc(C2CCNCC2)s1)c1ccn(-c2c(F)cccc2F)n1. The minimum atomic E-state index is -0.753. The zero-order valence-electron chi connectivity index (χ0n) is 14.3. The minimum absolute atomic E-state index is 0.0521. The molecule has 3 aromatic rings. The topological polar surface area (TPSA) is 71.8 Å². The van der Waals surface area contributed by atoms with E-state index in [0.717, 1.165) is 47.6 Å². The average Bonchev–Trinajstić information content (AvgIpc) is 3.32. The smallest absolute Gasteiger partial charge is 0.277 e. The highest BCUT2D eigenvalue weighted by Crippen LogP contribution is 2.31. The zero-order valence-corrected chi connectivity index (χ0v) is 15.1. The van der Waals surface area contributed by atoms with Crippen LogP contribution in [0.3, 0.4) is 0 Å². The fourth-order valence-electron chi connectivity index (χ4n) is 3.08. The van der Waals surface area contributed by atoms with E-state index in [1.807, 2.05) is 0 Å². The number of thiazole rings is 1. The first kappa shape index (κ1) is 17.7. The highest BCUT2D eigenvalue weighted by Gasteiger charge is 2.20. The number of aromatic nitrogens is 3. The van der Waals surface area contributed by atoms with Crippen LogP contribution in [0, 0.1) is 11.6 Å². The van der Waals surface area contributed by atoms with Crippen LogP contribution in [0.15, 0.2) is 36.7 Å². The number of amides is 1. The van der Waals surface area contributed by atoms with Gasteiger partial charge in [0.05, 0.1) is 0 Å². The Hall–Kier alpha value is -2.65. The Bertz CT molecular complexity index is 944. The predicted octanol–water partition coefficient (Wildman–Crippen LogP) is 3.33. The van der Waals surface area contributed by atoms with Gasteiger partial charge in [0.2, 0.25) is 0 Å². The lowest BCUT2D eigenvalue weighted by atomic mass is 9.97. The number of anilines is 1. The van der Waals surface area contributed by atoms with Crippen molar-refractivity contribution in [3.63, 3.8) is 0 Å². The summed E-state index contributed by atoms with van der Waals surface area (Å²) < 4.78 is 28.7. The number of carbonyl (C=O) groups excluding carboxylic acids is 1. The van der Waals surface area contributed by atoms with E-state index in [1.54, 1.807) is 6.20 Å². The van der Waals surface area contributed by atoms with Gasteiger partial charge in [0.1, 0.15) is 5.69 Å². The molecule has 1 amide bonds. The van der Waals surface area contributed by atoms with Gasteiger partial charge in [-0.25, -0.2) is 18.4 Å². The highest BCUT2D eigenvalue weighted by molar-refractivity contribution is 7.15. The molecule has 3 heterocycles. The van der Waals surface area contributed by atoms with Crippen LogP contribution in [-0.2, 0) is 0 Å². The zero-order chi connectivity index (χ0) is 18.8. The second-order valence-electron chi connectivity index (χ2n) is 6.26. The number of carbonyl (C=O) groups is 1. The summed E-state index contributed by atoms with van der Waals surface area (Å²) in [5.74, 6) is -1.53. The van der Waals surface area contributed by atoms with E-state index in [2.05, 4.69) is 20.7 Å². The molecule has 4 rings (SSSR count). The lowest BCUT2D eigenvalue weighted by molar-refractivity contribution is 0.102. The van der Waals surface area contributed by atoms with E-state index in [-0.39, 0.29) is 11.4 Å². The molecule has 2 N–H and O–H groups in total. The monoisotopic (exact) mass is 389 g/mol. The van der Waals surface area contributed by atoms with Gasteiger partial charge in [-0.05, 0) is 50.0 Å². The summed E-state index contributed by atoms with van der Waals surface area (Å²) in [7, 11) is 0. The van der Waals surface area contributed by atoms with Crippen LogP contribution in [0.1, 0.15) is 34.1 Å². The van der Waals surface area contributed by atoms with Gasteiger partial charge < -0.3 is 5.32 Å². The Morgan fingerprint density at radius 2 is 1.96 bits per heavy atom. The molecule has 0 radical (unpaired) electrons. The molecule has 0 spiro atoms. The fourth-order valence-corrected chi connectivity index (χ4v) is 4.06. The number of para-hydroxylation sites is 1. The first-order valence-corrected chi connectivity index (χ1v) is 9.41. The van der Waals surface area contributed by atoms with Gasteiger partial charge in [0, 0.05) is 17.3 Å². The van der Waals surface area contributed by atoms with Crippen LogP contribution >= 0.6 is 11.3 Å². The van der Waals surface area contributed by atoms with Crippen molar-refractivity contribution >= 4 is 22.4 Å². The summed E-state index contributed by atoms with van der Waals surface area (Å²) in [6, 6.07) is 4.95. The molecule has 0 saturated carbocycles. The van der Waals surface area contributed by atoms with E-state index in [4.69, 9.17) is 0 Å². The Balaban J connectivity index is 1.48. The van der Waals surface area contributed by atoms with Crippen molar-refractivity contribution in [1.29, 1.82) is 0 Å². The lowest BCUT2D eigenvalue weighted by Crippen LogP contribution is -2.26. The summed E-state index contributed by atoms with van der Waals surface area (Å²) >= 11 is 1.45. The summed E-state index contributed by atoms with van der Waals surface area (Å²) in [5.41, 5.74) is -0.268. The second kappa shape index (κ2) is 7.53. The highest BCUT2D eigenvalue weighted by atomic mass is 32.1. The van der Waals surface area contributed by atoms with E-state index >= 15 is 0 Å². The van der Waals surface area contributed by atoms with Crippen LogP contribution in [0.4, 0.5) is 13.9 Å². The van der Waals surface area contributed by atoms with Gasteiger partial charge in [0.15, 0.2) is 22.5 Å². The second-order valence-corrected chi connectivity index (χ2v) is 7.32. The summed E-state index contributed by atoms with van der Waals surface area (Å²) in [4.78, 5) is 17.8. The molecule has 1 aliphatic heterocycles. The molecule has 1 fully saturated rings. The maximum absolute atomic E-state index is 13.9. The van der Waals surface area contributed by atoms with Crippen molar-refractivity contribution in [2.24, 2.45) is 0 Å². The summed E-state index contributed by atoms with van der Waals surface area (Å²) in [6.45, 7) is 1.96. The molecule has 9 heteroatoms. The van der Waals surface area contributed by atoms with Crippen molar-refractivity contribution in [3.8, 4) is 5.69 Å². The number of benzene rings is 1. The van der Waals surface area contributed by atoms with Gasteiger partial charge in [-0.15, -0.1) is 11.3 Å². The van der Waals surface area contributed by atoms with Crippen molar-refractivity contribution in [3.05, 3.63) is 58.9 Å². The molecule has 0 bridgehead atoms. The summed E-state index contributed by atoms with van der Waals surface area (Å²) in [6.07, 6.45) is 5.24. The van der Waals surface area contributed by atoms with Crippen molar-refractivity contribution in [2.75, 3.05) is 18.4 Å². The van der Waals surface area contributed by atoms with Crippen molar-refractivity contribution in [1.82, 2.24) is 20.1 Å². The molecule has 2 aromatic heterocycles. The first-order chi connectivity index (χ1) is 13.1. The molecule has 1 aromatic carbocycles. The molecular weight excluding hydrogens is 372 g/mol. The summed E-state index contributed by atoms with van der Waals surface area (Å²) in [5, 5.41) is 10.5. The molecule has 1 saturated heterocycles. The standard InChI is InChI=1S/C18H17F2N5OS/c19-12-2-1-3-13(20)16(12)25-9-6-14(24-25)17(26)23-18-22-10-15(27-18)11-4-7-21-8-5-11/h1-3,6,9-11,21H,4-5,7-8H2,(H,22,23,26). The van der Waals surface area contributed by atoms with Crippen LogP contribution in [-0.4, -0.2) is 33.8 Å². The number of halogens is 2. The van der Waals surface area contributed by atoms with Gasteiger partial charge in [-0.2, -0.15) is 5.10 Å². The number of nitrogens with one attached hydrogen (secondary N) is 2. The molecular formula is C18H17F2N5OS. The predicted molar refractivity (Wildman–Crippen MR) is 98.4 cm³/mol. The van der Waals surface area contributed by atoms with Gasteiger partial charge in [-0.3, -0.25) is 10.1 Å². The average molecular weight is 389 g/mol. The molecule has 0 atom stereocenters. The third-order valence-corrected chi connectivity index (χ3v) is 5.55. The van der Waals surface area contributed by atoms with Crippen molar-refractivity contribution < 1.29 is 13.6 Å². The van der Waals surface area contributed by atoms with E-state index in [9.17, 15) is 13.6 Å². The van der Waals surface area contributed by atoms with Gasteiger partial charge >= 0.3 is 0 Å². The molecule has 0 unspecified atom stereocenters. The number of rotatable bonds is 4. The quantitative estimate of drug-likeness (QED) is 0.718. The van der Waals surface area contributed by atoms with Gasteiger partial charge in [0.25, 0.3) is 5.91 Å². The van der Waals surface area contributed by atoms with Crippen LogP contribution in [0.5, 0.6) is 0 Å². The van der Waals surface area contributed by atoms with Crippen LogP contribution in [0.2, 0.25) is 0 Å². The Morgan fingerprint density at radius 3 is 2.70 bits per heavy atom. The Kier molecular flexibility index (Phi) is 4.95. The van der Waals surface area contributed by atoms with E-state index in [0.29, 0.717) is 11.0 Å². The van der Waals surface area contributed by atoms with E-state index < -0.39 is 17.5 Å². The largest absolute Gasteiger partial charge is 0.317 e. The minimum Gasteiger partial charge on any atom is -0.317 e. The number of piperidine rings is 1. The maximum atomic E-state index is 13.9. The normalized spacial score (nSPS) is 15.0. The fraction of sp³-hybridized carbons (Fsp3) is 0.278. The third kappa shape index (κ3) is 3.74. The molecule has 0 aliphatic carbocycles. The third-order valence-electron chi connectivity index (χ3n) is 4.47. The van der Waals surface area contributed by atoms with Crippen molar-refractivity contribution in [2.45, 2.75) is 18.8 Å². The number of hydrogen-bond acceptors (Lipinski definition) is 5. The molecule has 140 valence electrons.